The highest BCUT2D eigenvalue weighted by Gasteiger charge is 2.34. The minimum Gasteiger partial charge on any atom is -0.366 e. The van der Waals surface area contributed by atoms with Gasteiger partial charge in [0, 0.05) is 23.8 Å². The second-order valence-corrected chi connectivity index (χ2v) is 6.15. The summed E-state index contributed by atoms with van der Waals surface area (Å²) in [6, 6.07) is 7.00. The van der Waals surface area contributed by atoms with Crippen molar-refractivity contribution in [3.63, 3.8) is 0 Å². The van der Waals surface area contributed by atoms with Gasteiger partial charge in [0.25, 0.3) is 0 Å². The van der Waals surface area contributed by atoms with Gasteiger partial charge in [-0.2, -0.15) is 0 Å². The van der Waals surface area contributed by atoms with E-state index in [1.54, 1.807) is 0 Å². The van der Waals surface area contributed by atoms with Crippen molar-refractivity contribution in [2.75, 3.05) is 11.4 Å². The molecule has 1 fully saturated rings. The number of anilines is 1. The topological polar surface area (TPSA) is 29.3 Å². The van der Waals surface area contributed by atoms with Crippen LogP contribution in [0, 0.1) is 6.92 Å². The summed E-state index contributed by atoms with van der Waals surface area (Å²) >= 11 is 0. The molecule has 2 nitrogen and oxygen atoms in total. The standard InChI is InChI=1S/C16H26N2/c1-5-13-8-6-7-12(2)15(13)18-10-9-14(17)11-16(18,3)4/h6-8,14H,5,9-11,17H2,1-4H3. The molecule has 2 N–H and O–H groups in total. The first-order valence-electron chi connectivity index (χ1n) is 7.07. The van der Waals surface area contributed by atoms with Crippen LogP contribution in [0.1, 0.15) is 44.7 Å². The molecule has 2 heteroatoms. The van der Waals surface area contributed by atoms with E-state index in [1.807, 2.05) is 0 Å². The van der Waals surface area contributed by atoms with Crippen molar-refractivity contribution in [2.24, 2.45) is 5.73 Å². The van der Waals surface area contributed by atoms with E-state index in [2.05, 4.69) is 50.8 Å². The summed E-state index contributed by atoms with van der Waals surface area (Å²) in [5.41, 5.74) is 10.6. The Bertz CT molecular complexity index is 423. The molecule has 1 saturated heterocycles. The van der Waals surface area contributed by atoms with Gasteiger partial charge in [0.15, 0.2) is 0 Å². The third-order valence-corrected chi connectivity index (χ3v) is 4.19. The number of hydrogen-bond acceptors (Lipinski definition) is 2. The lowest BCUT2D eigenvalue weighted by Gasteiger charge is -2.47. The number of nitrogens with zero attached hydrogens (tertiary/aromatic N) is 1. The van der Waals surface area contributed by atoms with Crippen molar-refractivity contribution >= 4 is 5.69 Å². The smallest absolute Gasteiger partial charge is 0.0432 e. The summed E-state index contributed by atoms with van der Waals surface area (Å²) in [6.07, 6.45) is 3.26. The monoisotopic (exact) mass is 246 g/mol. The van der Waals surface area contributed by atoms with Gasteiger partial charge in [0.2, 0.25) is 0 Å². The second kappa shape index (κ2) is 4.93. The number of nitrogens with two attached hydrogens (primary N) is 1. The zero-order valence-electron chi connectivity index (χ0n) is 12.2. The van der Waals surface area contributed by atoms with Gasteiger partial charge in [-0.05, 0) is 51.2 Å². The second-order valence-electron chi connectivity index (χ2n) is 6.15. The minimum atomic E-state index is 0.160. The lowest BCUT2D eigenvalue weighted by molar-refractivity contribution is 0.327. The average molecular weight is 246 g/mol. The molecule has 0 aromatic heterocycles. The van der Waals surface area contributed by atoms with Gasteiger partial charge in [0.05, 0.1) is 0 Å². The maximum Gasteiger partial charge on any atom is 0.0432 e. The first-order chi connectivity index (χ1) is 8.45. The maximum atomic E-state index is 6.13. The molecular formula is C16H26N2. The number of para-hydroxylation sites is 1. The van der Waals surface area contributed by atoms with Crippen molar-refractivity contribution in [1.82, 2.24) is 0 Å². The van der Waals surface area contributed by atoms with E-state index in [-0.39, 0.29) is 5.54 Å². The van der Waals surface area contributed by atoms with Crippen LogP contribution >= 0.6 is 0 Å². The highest BCUT2D eigenvalue weighted by atomic mass is 15.2. The fourth-order valence-corrected chi connectivity index (χ4v) is 3.26. The van der Waals surface area contributed by atoms with Gasteiger partial charge in [-0.25, -0.2) is 0 Å². The van der Waals surface area contributed by atoms with Gasteiger partial charge in [-0.3, -0.25) is 0 Å². The van der Waals surface area contributed by atoms with Crippen LogP contribution in [0.25, 0.3) is 0 Å². The fraction of sp³-hybridized carbons (Fsp3) is 0.625. The Kier molecular flexibility index (Phi) is 3.67. The van der Waals surface area contributed by atoms with Crippen LogP contribution in [0.5, 0.6) is 0 Å². The normalized spacial score (nSPS) is 23.2. The molecule has 0 aliphatic carbocycles. The molecule has 1 aromatic carbocycles. The van der Waals surface area contributed by atoms with Gasteiger partial charge >= 0.3 is 0 Å². The summed E-state index contributed by atoms with van der Waals surface area (Å²) < 4.78 is 0. The third-order valence-electron chi connectivity index (χ3n) is 4.19. The molecule has 1 heterocycles. The summed E-state index contributed by atoms with van der Waals surface area (Å²) in [4.78, 5) is 2.57. The molecule has 100 valence electrons. The number of rotatable bonds is 2. The predicted octanol–water partition coefficient (Wildman–Crippen LogP) is 3.26. The summed E-state index contributed by atoms with van der Waals surface area (Å²) in [5, 5.41) is 0. The molecule has 0 radical (unpaired) electrons. The quantitative estimate of drug-likeness (QED) is 0.868. The molecule has 0 saturated carbocycles. The minimum absolute atomic E-state index is 0.160. The van der Waals surface area contributed by atoms with E-state index >= 15 is 0 Å². The van der Waals surface area contributed by atoms with Crippen molar-refractivity contribution in [3.8, 4) is 0 Å². The SMILES string of the molecule is CCc1cccc(C)c1N1CCC(N)CC1(C)C. The molecule has 0 spiro atoms. The van der Waals surface area contributed by atoms with Crippen LogP contribution in [0.3, 0.4) is 0 Å². The molecule has 1 aromatic rings. The number of aryl methyl sites for hydroxylation is 2. The number of benzene rings is 1. The van der Waals surface area contributed by atoms with Crippen LogP contribution < -0.4 is 10.6 Å². The third kappa shape index (κ3) is 2.39. The Labute approximate surface area is 111 Å². The molecular weight excluding hydrogens is 220 g/mol. The number of hydrogen-bond donors (Lipinski definition) is 1. The van der Waals surface area contributed by atoms with E-state index in [0.29, 0.717) is 6.04 Å². The van der Waals surface area contributed by atoms with Gasteiger partial charge < -0.3 is 10.6 Å². The van der Waals surface area contributed by atoms with Crippen LogP contribution in [0.4, 0.5) is 5.69 Å². The molecule has 18 heavy (non-hydrogen) atoms. The Morgan fingerprint density at radius 1 is 1.39 bits per heavy atom. The van der Waals surface area contributed by atoms with Crippen molar-refractivity contribution in [2.45, 2.75) is 58.5 Å². The molecule has 2 rings (SSSR count). The lowest BCUT2D eigenvalue weighted by Crippen LogP contribution is -2.54. The summed E-state index contributed by atoms with van der Waals surface area (Å²) in [5.74, 6) is 0. The van der Waals surface area contributed by atoms with Gasteiger partial charge in [0.1, 0.15) is 0 Å². The first kappa shape index (κ1) is 13.4. The van der Waals surface area contributed by atoms with Crippen LogP contribution in [-0.4, -0.2) is 18.1 Å². The highest BCUT2D eigenvalue weighted by molar-refractivity contribution is 5.61. The molecule has 1 unspecified atom stereocenters. The first-order valence-corrected chi connectivity index (χ1v) is 7.07. The maximum absolute atomic E-state index is 6.13. The van der Waals surface area contributed by atoms with E-state index in [9.17, 15) is 0 Å². The van der Waals surface area contributed by atoms with Gasteiger partial charge in [-0.15, -0.1) is 0 Å². The zero-order chi connectivity index (χ0) is 13.3. The van der Waals surface area contributed by atoms with Gasteiger partial charge in [-0.1, -0.05) is 25.1 Å². The van der Waals surface area contributed by atoms with E-state index in [4.69, 9.17) is 5.73 Å². The van der Waals surface area contributed by atoms with Crippen LogP contribution in [-0.2, 0) is 6.42 Å². The summed E-state index contributed by atoms with van der Waals surface area (Å²) in [7, 11) is 0. The number of piperidine rings is 1. The fourth-order valence-electron chi connectivity index (χ4n) is 3.26. The molecule has 1 aliphatic rings. The molecule has 1 atom stereocenters. The highest BCUT2D eigenvalue weighted by Crippen LogP contribution is 2.36. The Hall–Kier alpha value is -1.02. The Balaban J connectivity index is 2.42. The summed E-state index contributed by atoms with van der Waals surface area (Å²) in [6.45, 7) is 10.2. The lowest BCUT2D eigenvalue weighted by atomic mass is 9.85. The molecule has 0 amide bonds. The van der Waals surface area contributed by atoms with E-state index < -0.39 is 0 Å². The van der Waals surface area contributed by atoms with E-state index in [1.165, 1.54) is 16.8 Å². The molecule has 1 aliphatic heterocycles. The molecule has 0 bridgehead atoms. The zero-order valence-corrected chi connectivity index (χ0v) is 12.2. The predicted molar refractivity (Wildman–Crippen MR) is 79.2 cm³/mol. The van der Waals surface area contributed by atoms with Crippen LogP contribution in [0.2, 0.25) is 0 Å². The average Bonchev–Trinajstić information content (AvgIpc) is 2.29. The van der Waals surface area contributed by atoms with Crippen LogP contribution in [0.15, 0.2) is 18.2 Å². The van der Waals surface area contributed by atoms with E-state index in [0.717, 1.165) is 25.8 Å². The van der Waals surface area contributed by atoms with Crippen molar-refractivity contribution in [1.29, 1.82) is 0 Å². The largest absolute Gasteiger partial charge is 0.366 e. The Morgan fingerprint density at radius 2 is 2.11 bits per heavy atom. The Morgan fingerprint density at radius 3 is 2.72 bits per heavy atom. The van der Waals surface area contributed by atoms with Crippen molar-refractivity contribution < 1.29 is 0 Å². The van der Waals surface area contributed by atoms with Crippen molar-refractivity contribution in [3.05, 3.63) is 29.3 Å².